The Morgan fingerprint density at radius 3 is 2.63 bits per heavy atom. The number of carbonyl (C=O) groups excluding carboxylic acids is 1. The van der Waals surface area contributed by atoms with Crippen molar-refractivity contribution in [1.29, 1.82) is 0 Å². The molecule has 140 valence electrons. The Hall–Kier alpha value is -2.96. The Balaban J connectivity index is 1.49. The summed E-state index contributed by atoms with van der Waals surface area (Å²) in [5.74, 6) is -2.17. The molecule has 2 heterocycles. The van der Waals surface area contributed by atoms with Crippen molar-refractivity contribution in [3.8, 4) is 0 Å². The van der Waals surface area contributed by atoms with Crippen LogP contribution in [0.1, 0.15) is 18.4 Å². The molecule has 5 nitrogen and oxygen atoms in total. The lowest BCUT2D eigenvalue weighted by atomic mass is 10.1. The number of carbonyl (C=O) groups is 1. The predicted octanol–water partition coefficient (Wildman–Crippen LogP) is 3.86. The molecule has 4 rings (SSSR count). The Labute approximate surface area is 155 Å². The van der Waals surface area contributed by atoms with Crippen molar-refractivity contribution in [3.63, 3.8) is 0 Å². The molecule has 27 heavy (non-hydrogen) atoms. The van der Waals surface area contributed by atoms with Gasteiger partial charge in [-0.15, -0.1) is 0 Å². The number of halogens is 2. The van der Waals surface area contributed by atoms with Crippen molar-refractivity contribution in [2.45, 2.75) is 26.3 Å². The van der Waals surface area contributed by atoms with Gasteiger partial charge in [0.05, 0.1) is 17.4 Å². The van der Waals surface area contributed by atoms with Gasteiger partial charge in [0.2, 0.25) is 5.91 Å². The maximum absolute atomic E-state index is 13.5. The molecule has 3 aromatic rings. The topological polar surface area (TPSA) is 50.2 Å². The molecule has 7 heteroatoms. The highest BCUT2D eigenvalue weighted by molar-refractivity contribution is 5.92. The van der Waals surface area contributed by atoms with Gasteiger partial charge < -0.3 is 14.8 Å². The molecule has 1 aliphatic heterocycles. The summed E-state index contributed by atoms with van der Waals surface area (Å²) in [5.41, 5.74) is 3.58. The number of aryl methyl sites for hydroxylation is 1. The molecule has 1 saturated heterocycles. The van der Waals surface area contributed by atoms with E-state index in [4.69, 9.17) is 0 Å². The predicted molar refractivity (Wildman–Crippen MR) is 101 cm³/mol. The number of rotatable bonds is 4. The van der Waals surface area contributed by atoms with Crippen LogP contribution in [-0.4, -0.2) is 28.5 Å². The summed E-state index contributed by atoms with van der Waals surface area (Å²) in [5, 5.41) is 2.88. The average Bonchev–Trinajstić information content (AvgIpc) is 3.29. The Morgan fingerprint density at radius 2 is 1.89 bits per heavy atom. The largest absolute Gasteiger partial charge is 0.372 e. The van der Waals surface area contributed by atoms with Crippen LogP contribution in [-0.2, 0) is 11.3 Å². The lowest BCUT2D eigenvalue weighted by Gasteiger charge is -2.19. The number of hydrogen-bond donors (Lipinski definition) is 1. The minimum absolute atomic E-state index is 0.0328. The first-order chi connectivity index (χ1) is 13.0. The van der Waals surface area contributed by atoms with Crippen molar-refractivity contribution >= 4 is 28.3 Å². The van der Waals surface area contributed by atoms with Gasteiger partial charge in [0, 0.05) is 36.6 Å². The van der Waals surface area contributed by atoms with Gasteiger partial charge in [0.15, 0.2) is 11.6 Å². The lowest BCUT2D eigenvalue weighted by molar-refractivity contribution is -0.116. The molecular weight excluding hydrogens is 350 g/mol. The summed E-state index contributed by atoms with van der Waals surface area (Å²) in [7, 11) is 0. The first-order valence-electron chi connectivity index (χ1n) is 8.96. The molecule has 1 amide bonds. The summed E-state index contributed by atoms with van der Waals surface area (Å²) >= 11 is 0. The number of hydrogen-bond acceptors (Lipinski definition) is 3. The SMILES string of the molecule is Cc1cc(N2CCCC2)ccc1NC(=O)Cn1cnc2cc(F)c(F)cc21. The summed E-state index contributed by atoms with van der Waals surface area (Å²) in [6.07, 6.45) is 3.83. The number of benzene rings is 2. The van der Waals surface area contributed by atoms with Crippen LogP contribution in [0.4, 0.5) is 20.2 Å². The second-order valence-corrected chi connectivity index (χ2v) is 6.87. The van der Waals surface area contributed by atoms with Gasteiger partial charge in [-0.1, -0.05) is 0 Å². The van der Waals surface area contributed by atoms with Crippen LogP contribution in [0.3, 0.4) is 0 Å². The molecule has 0 atom stereocenters. The number of imidazole rings is 1. The van der Waals surface area contributed by atoms with Crippen molar-refractivity contribution in [1.82, 2.24) is 9.55 Å². The lowest BCUT2D eigenvalue weighted by Crippen LogP contribution is -2.20. The summed E-state index contributed by atoms with van der Waals surface area (Å²) in [6, 6.07) is 8.08. The molecular formula is C20H20F2N4O. The Morgan fingerprint density at radius 1 is 1.15 bits per heavy atom. The highest BCUT2D eigenvalue weighted by Crippen LogP contribution is 2.25. The van der Waals surface area contributed by atoms with Gasteiger partial charge in [-0.05, 0) is 43.5 Å². The highest BCUT2D eigenvalue weighted by atomic mass is 19.2. The van der Waals surface area contributed by atoms with Crippen LogP contribution < -0.4 is 10.2 Å². The van der Waals surface area contributed by atoms with Crippen LogP contribution in [0.5, 0.6) is 0 Å². The zero-order chi connectivity index (χ0) is 19.0. The van der Waals surface area contributed by atoms with Gasteiger partial charge in [-0.25, -0.2) is 13.8 Å². The molecule has 1 N–H and O–H groups in total. The van der Waals surface area contributed by atoms with E-state index in [2.05, 4.69) is 21.3 Å². The zero-order valence-electron chi connectivity index (χ0n) is 15.0. The van der Waals surface area contributed by atoms with E-state index in [-0.39, 0.29) is 12.5 Å². The van der Waals surface area contributed by atoms with E-state index in [1.54, 1.807) is 0 Å². The van der Waals surface area contributed by atoms with Crippen molar-refractivity contribution in [3.05, 3.63) is 53.9 Å². The quantitative estimate of drug-likeness (QED) is 0.759. The number of fused-ring (bicyclic) bond motifs is 1. The van der Waals surface area contributed by atoms with Crippen LogP contribution in [0.25, 0.3) is 11.0 Å². The number of anilines is 2. The first-order valence-corrected chi connectivity index (χ1v) is 8.96. The van der Waals surface area contributed by atoms with E-state index in [0.717, 1.165) is 36.5 Å². The molecule has 0 saturated carbocycles. The fraction of sp³-hybridized carbons (Fsp3) is 0.300. The summed E-state index contributed by atoms with van der Waals surface area (Å²) in [6.45, 7) is 4.06. The van der Waals surface area contributed by atoms with E-state index in [1.165, 1.54) is 29.4 Å². The van der Waals surface area contributed by atoms with Gasteiger partial charge in [0.1, 0.15) is 6.54 Å². The van der Waals surface area contributed by atoms with Gasteiger partial charge >= 0.3 is 0 Å². The van der Waals surface area contributed by atoms with Crippen molar-refractivity contribution < 1.29 is 13.6 Å². The minimum atomic E-state index is -0.960. The average molecular weight is 370 g/mol. The molecule has 0 unspecified atom stereocenters. The van der Waals surface area contributed by atoms with Crippen LogP contribution in [0, 0.1) is 18.6 Å². The number of nitrogens with zero attached hydrogens (tertiary/aromatic N) is 3. The maximum Gasteiger partial charge on any atom is 0.244 e. The van der Waals surface area contributed by atoms with Crippen LogP contribution in [0.15, 0.2) is 36.7 Å². The third-order valence-corrected chi connectivity index (χ3v) is 4.93. The fourth-order valence-corrected chi connectivity index (χ4v) is 3.48. The molecule has 1 aliphatic rings. The normalized spacial score (nSPS) is 14.1. The molecule has 1 fully saturated rings. The van der Waals surface area contributed by atoms with Gasteiger partial charge in [0.25, 0.3) is 0 Å². The molecule has 2 aromatic carbocycles. The standard InChI is InChI=1S/C20H20F2N4O/c1-13-8-14(25-6-2-3-7-25)4-5-17(13)24-20(27)11-26-12-23-18-9-15(21)16(22)10-19(18)26/h4-5,8-10,12H,2-3,6-7,11H2,1H3,(H,24,27). The molecule has 0 bridgehead atoms. The first kappa shape index (κ1) is 17.5. The second-order valence-electron chi connectivity index (χ2n) is 6.87. The van der Waals surface area contributed by atoms with E-state index in [0.29, 0.717) is 11.0 Å². The van der Waals surface area contributed by atoms with Crippen molar-refractivity contribution in [2.75, 3.05) is 23.3 Å². The molecule has 0 spiro atoms. The number of aromatic nitrogens is 2. The summed E-state index contributed by atoms with van der Waals surface area (Å²) < 4.78 is 28.3. The van der Waals surface area contributed by atoms with Crippen molar-refractivity contribution in [2.24, 2.45) is 0 Å². The molecule has 1 aromatic heterocycles. The number of nitrogens with one attached hydrogen (secondary N) is 1. The summed E-state index contributed by atoms with van der Waals surface area (Å²) in [4.78, 5) is 18.8. The Kier molecular flexibility index (Phi) is 4.51. The minimum Gasteiger partial charge on any atom is -0.372 e. The zero-order valence-corrected chi connectivity index (χ0v) is 15.0. The van der Waals surface area contributed by atoms with Gasteiger partial charge in [-0.2, -0.15) is 0 Å². The smallest absolute Gasteiger partial charge is 0.244 e. The number of amides is 1. The fourth-order valence-electron chi connectivity index (χ4n) is 3.48. The second kappa shape index (κ2) is 6.98. The van der Waals surface area contributed by atoms with Crippen LogP contribution >= 0.6 is 0 Å². The maximum atomic E-state index is 13.5. The van der Waals surface area contributed by atoms with Gasteiger partial charge in [-0.3, -0.25) is 4.79 Å². The van der Waals surface area contributed by atoms with E-state index >= 15 is 0 Å². The molecule has 0 radical (unpaired) electrons. The van der Waals surface area contributed by atoms with E-state index in [9.17, 15) is 13.6 Å². The monoisotopic (exact) mass is 370 g/mol. The third-order valence-electron chi connectivity index (χ3n) is 4.93. The van der Waals surface area contributed by atoms with Crippen LogP contribution in [0.2, 0.25) is 0 Å². The van der Waals surface area contributed by atoms with E-state index < -0.39 is 11.6 Å². The Bertz CT molecular complexity index is 1010. The van der Waals surface area contributed by atoms with E-state index in [1.807, 2.05) is 19.1 Å². The third kappa shape index (κ3) is 3.49. The molecule has 0 aliphatic carbocycles. The highest BCUT2D eigenvalue weighted by Gasteiger charge is 2.15.